The topological polar surface area (TPSA) is 58.6 Å². The Bertz CT molecular complexity index is 248. The van der Waals surface area contributed by atoms with E-state index in [2.05, 4.69) is 10.1 Å². The van der Waals surface area contributed by atoms with Crippen LogP contribution in [-0.2, 0) is 14.3 Å². The molecule has 0 saturated carbocycles. The summed E-state index contributed by atoms with van der Waals surface area (Å²) in [5, 5.41) is 2.82. The number of esters is 1. The number of likely N-dealkylation sites (N-methyl/N-ethyl adjacent to an activating group) is 1. The van der Waals surface area contributed by atoms with Gasteiger partial charge in [-0.25, -0.2) is 0 Å². The van der Waals surface area contributed by atoms with Gasteiger partial charge >= 0.3 is 5.97 Å². The summed E-state index contributed by atoms with van der Waals surface area (Å²) in [6, 6.07) is 0.0262. The molecule has 0 aromatic rings. The number of hydrogen-bond acceptors (Lipinski definition) is 4. The molecule has 0 aromatic heterocycles. The first-order chi connectivity index (χ1) is 7.19. The Labute approximate surface area is 102 Å². The lowest BCUT2D eigenvalue weighted by molar-refractivity contribution is -0.142. The average Bonchev–Trinajstić information content (AvgIpc) is 2.66. The molecule has 0 spiro atoms. The fourth-order valence-corrected chi connectivity index (χ4v) is 1.90. The highest BCUT2D eigenvalue weighted by atomic mass is 35.5. The molecule has 1 atom stereocenters. The van der Waals surface area contributed by atoms with Gasteiger partial charge in [-0.2, -0.15) is 0 Å². The van der Waals surface area contributed by atoms with Crippen LogP contribution in [0.15, 0.2) is 0 Å². The molecule has 1 amide bonds. The lowest BCUT2D eigenvalue weighted by Crippen LogP contribution is -2.41. The minimum Gasteiger partial charge on any atom is -0.469 e. The van der Waals surface area contributed by atoms with Crippen LogP contribution in [0.5, 0.6) is 0 Å². The Balaban J connectivity index is 0.00000225. The predicted octanol–water partition coefficient (Wildman–Crippen LogP) is 0.182. The summed E-state index contributed by atoms with van der Waals surface area (Å²) in [4.78, 5) is 24.5. The summed E-state index contributed by atoms with van der Waals surface area (Å²) >= 11 is 0. The van der Waals surface area contributed by atoms with E-state index in [1.807, 2.05) is 0 Å². The van der Waals surface area contributed by atoms with Gasteiger partial charge in [0.05, 0.1) is 20.1 Å². The molecule has 1 rings (SSSR count). The van der Waals surface area contributed by atoms with Crippen molar-refractivity contribution >= 4 is 24.3 Å². The quantitative estimate of drug-likeness (QED) is 0.724. The molecule has 1 aliphatic rings. The van der Waals surface area contributed by atoms with Gasteiger partial charge in [-0.15, -0.1) is 12.4 Å². The minimum atomic E-state index is -0.246. The molecule has 0 aliphatic carbocycles. The number of amides is 1. The van der Waals surface area contributed by atoms with Gasteiger partial charge in [0.25, 0.3) is 0 Å². The average molecular weight is 251 g/mol. The number of likely N-dealkylation sites (tertiary alicyclic amines) is 1. The Morgan fingerprint density at radius 1 is 1.50 bits per heavy atom. The molecule has 0 bridgehead atoms. The maximum absolute atomic E-state index is 11.6. The molecule has 16 heavy (non-hydrogen) atoms. The van der Waals surface area contributed by atoms with Gasteiger partial charge in [0.15, 0.2) is 0 Å². The number of nitrogens with zero attached hydrogens (tertiary/aromatic N) is 1. The number of carbonyl (C=O) groups excluding carboxylic acids is 2. The van der Waals surface area contributed by atoms with Crippen molar-refractivity contribution < 1.29 is 14.3 Å². The van der Waals surface area contributed by atoms with E-state index in [1.54, 1.807) is 11.9 Å². The zero-order chi connectivity index (χ0) is 11.3. The molecular weight excluding hydrogens is 232 g/mol. The molecule has 1 aliphatic heterocycles. The smallest absolute Gasteiger partial charge is 0.307 e. The molecule has 0 aromatic carbocycles. The van der Waals surface area contributed by atoms with E-state index < -0.39 is 0 Å². The largest absolute Gasteiger partial charge is 0.469 e. The highest BCUT2D eigenvalue weighted by Gasteiger charge is 2.29. The lowest BCUT2D eigenvalue weighted by Gasteiger charge is -2.23. The van der Waals surface area contributed by atoms with Crippen LogP contribution in [0.4, 0.5) is 0 Å². The highest BCUT2D eigenvalue weighted by molar-refractivity contribution is 5.85. The molecule has 1 N–H and O–H groups in total. The second kappa shape index (κ2) is 7.46. The number of halogens is 1. The number of carbonyl (C=O) groups is 2. The number of ether oxygens (including phenoxy) is 1. The molecular formula is C10H19ClN2O3. The maximum Gasteiger partial charge on any atom is 0.307 e. The van der Waals surface area contributed by atoms with Crippen molar-refractivity contribution in [3.8, 4) is 0 Å². The molecule has 1 fully saturated rings. The SMILES string of the molecule is CNCC(=O)N1CCCC1CC(=O)OC.Cl. The van der Waals surface area contributed by atoms with Crippen molar-refractivity contribution in [1.82, 2.24) is 10.2 Å². The van der Waals surface area contributed by atoms with Crippen LogP contribution >= 0.6 is 12.4 Å². The van der Waals surface area contributed by atoms with Crippen LogP contribution in [0.25, 0.3) is 0 Å². The Kier molecular flexibility index (Phi) is 7.08. The predicted molar refractivity (Wildman–Crippen MR) is 62.5 cm³/mol. The van der Waals surface area contributed by atoms with Gasteiger partial charge in [0.1, 0.15) is 0 Å². The first kappa shape index (κ1) is 15.2. The second-order valence-corrected chi connectivity index (χ2v) is 3.69. The van der Waals surface area contributed by atoms with Crippen LogP contribution in [0.2, 0.25) is 0 Å². The highest BCUT2D eigenvalue weighted by Crippen LogP contribution is 2.20. The van der Waals surface area contributed by atoms with Gasteiger partial charge in [0, 0.05) is 12.6 Å². The molecule has 1 saturated heterocycles. The van der Waals surface area contributed by atoms with Crippen molar-refractivity contribution in [3.05, 3.63) is 0 Å². The Morgan fingerprint density at radius 3 is 2.75 bits per heavy atom. The van der Waals surface area contributed by atoms with Crippen molar-refractivity contribution in [2.75, 3.05) is 27.2 Å². The zero-order valence-corrected chi connectivity index (χ0v) is 10.5. The second-order valence-electron chi connectivity index (χ2n) is 3.69. The number of nitrogens with one attached hydrogen (secondary N) is 1. The van der Waals surface area contributed by atoms with Crippen LogP contribution in [0, 0.1) is 0 Å². The third kappa shape index (κ3) is 3.98. The lowest BCUT2D eigenvalue weighted by atomic mass is 10.1. The van der Waals surface area contributed by atoms with Crippen molar-refractivity contribution in [3.63, 3.8) is 0 Å². The summed E-state index contributed by atoms with van der Waals surface area (Å²) < 4.78 is 4.61. The van der Waals surface area contributed by atoms with Crippen LogP contribution in [0.3, 0.4) is 0 Å². The minimum absolute atomic E-state index is 0. The van der Waals surface area contributed by atoms with E-state index in [-0.39, 0.29) is 30.3 Å². The number of hydrogen-bond donors (Lipinski definition) is 1. The van der Waals surface area contributed by atoms with E-state index in [4.69, 9.17) is 0 Å². The Morgan fingerprint density at radius 2 is 2.19 bits per heavy atom. The fourth-order valence-electron chi connectivity index (χ4n) is 1.90. The standard InChI is InChI=1S/C10H18N2O3.ClH/c1-11-7-9(13)12-5-3-4-8(12)6-10(14)15-2;/h8,11H,3-7H2,1-2H3;1H. The molecule has 1 heterocycles. The van der Waals surface area contributed by atoms with Crippen LogP contribution in [-0.4, -0.2) is 50.1 Å². The van der Waals surface area contributed by atoms with Gasteiger partial charge in [-0.05, 0) is 19.9 Å². The molecule has 1 unspecified atom stereocenters. The summed E-state index contributed by atoms with van der Waals surface area (Å²) in [5.74, 6) is -0.187. The van der Waals surface area contributed by atoms with Crippen LogP contribution in [0.1, 0.15) is 19.3 Å². The van der Waals surface area contributed by atoms with Crippen molar-refractivity contribution in [1.29, 1.82) is 0 Å². The monoisotopic (exact) mass is 250 g/mol. The maximum atomic E-state index is 11.6. The van der Waals surface area contributed by atoms with E-state index in [0.717, 1.165) is 19.4 Å². The molecule has 5 nitrogen and oxygen atoms in total. The normalized spacial score (nSPS) is 19.1. The third-order valence-electron chi connectivity index (χ3n) is 2.66. The third-order valence-corrected chi connectivity index (χ3v) is 2.66. The first-order valence-electron chi connectivity index (χ1n) is 5.20. The summed E-state index contributed by atoms with van der Waals surface area (Å²) in [7, 11) is 3.11. The zero-order valence-electron chi connectivity index (χ0n) is 9.69. The van der Waals surface area contributed by atoms with E-state index in [0.29, 0.717) is 13.0 Å². The summed E-state index contributed by atoms with van der Waals surface area (Å²) in [6.07, 6.45) is 2.17. The summed E-state index contributed by atoms with van der Waals surface area (Å²) in [5.41, 5.74) is 0. The van der Waals surface area contributed by atoms with Crippen LogP contribution < -0.4 is 5.32 Å². The van der Waals surface area contributed by atoms with E-state index in [1.165, 1.54) is 7.11 Å². The number of rotatable bonds is 4. The van der Waals surface area contributed by atoms with Gasteiger partial charge < -0.3 is 15.0 Å². The number of methoxy groups -OCH3 is 1. The Hall–Kier alpha value is -0.810. The van der Waals surface area contributed by atoms with Gasteiger partial charge in [0.2, 0.25) is 5.91 Å². The molecule has 0 radical (unpaired) electrons. The molecule has 6 heteroatoms. The van der Waals surface area contributed by atoms with E-state index >= 15 is 0 Å². The summed E-state index contributed by atoms with van der Waals surface area (Å²) in [6.45, 7) is 1.08. The van der Waals surface area contributed by atoms with Gasteiger partial charge in [-0.3, -0.25) is 9.59 Å². The first-order valence-corrected chi connectivity index (χ1v) is 5.20. The van der Waals surface area contributed by atoms with E-state index in [9.17, 15) is 9.59 Å². The molecule has 94 valence electrons. The van der Waals surface area contributed by atoms with Gasteiger partial charge in [-0.1, -0.05) is 0 Å². The van der Waals surface area contributed by atoms with Crippen molar-refractivity contribution in [2.45, 2.75) is 25.3 Å². The fraction of sp³-hybridized carbons (Fsp3) is 0.800. The van der Waals surface area contributed by atoms with Crippen molar-refractivity contribution in [2.24, 2.45) is 0 Å².